The predicted octanol–water partition coefficient (Wildman–Crippen LogP) is 0.305. The van der Waals surface area contributed by atoms with Crippen molar-refractivity contribution < 1.29 is 20.1 Å². The molecule has 1 fully saturated rings. The van der Waals surface area contributed by atoms with Gasteiger partial charge in [-0.2, -0.15) is 0 Å². The van der Waals surface area contributed by atoms with Crippen molar-refractivity contribution in [1.82, 2.24) is 4.90 Å². The SMILES string of the molecule is O=C(c1ccc(O)c(O)c1)N1CC[C@H](O)C1. The molecule has 1 heterocycles. The molecule has 3 N–H and O–H groups in total. The molecule has 1 atom stereocenters. The number of β-amino-alcohol motifs (C(OH)–C–C–N with tert-alkyl or cyclic N) is 1. The molecule has 5 heteroatoms. The standard InChI is InChI=1S/C11H13NO4/c13-8-3-4-12(6-8)11(16)7-1-2-9(14)10(15)5-7/h1-2,5,8,13-15H,3-4,6H2/t8-/m0/s1. The zero-order chi connectivity index (χ0) is 11.7. The summed E-state index contributed by atoms with van der Waals surface area (Å²) >= 11 is 0. The molecular formula is C11H13NO4. The van der Waals surface area contributed by atoms with E-state index in [1.165, 1.54) is 23.1 Å². The zero-order valence-electron chi connectivity index (χ0n) is 8.63. The third kappa shape index (κ3) is 1.94. The van der Waals surface area contributed by atoms with E-state index in [9.17, 15) is 15.0 Å². The van der Waals surface area contributed by atoms with Gasteiger partial charge < -0.3 is 20.2 Å². The first-order valence-corrected chi connectivity index (χ1v) is 5.07. The van der Waals surface area contributed by atoms with E-state index >= 15 is 0 Å². The lowest BCUT2D eigenvalue weighted by molar-refractivity contribution is 0.0764. The Morgan fingerprint density at radius 1 is 1.31 bits per heavy atom. The Kier molecular flexibility index (Phi) is 2.70. The Bertz CT molecular complexity index is 418. The van der Waals surface area contributed by atoms with E-state index in [0.29, 0.717) is 25.1 Å². The Morgan fingerprint density at radius 3 is 2.62 bits per heavy atom. The van der Waals surface area contributed by atoms with Crippen LogP contribution in [0.4, 0.5) is 0 Å². The highest BCUT2D eigenvalue weighted by molar-refractivity contribution is 5.95. The van der Waals surface area contributed by atoms with Gasteiger partial charge in [-0.1, -0.05) is 0 Å². The largest absolute Gasteiger partial charge is 0.504 e. The third-order valence-electron chi connectivity index (χ3n) is 2.67. The lowest BCUT2D eigenvalue weighted by Crippen LogP contribution is -2.29. The van der Waals surface area contributed by atoms with Crippen LogP contribution in [0.15, 0.2) is 18.2 Å². The summed E-state index contributed by atoms with van der Waals surface area (Å²) in [5.74, 6) is -0.810. The second kappa shape index (κ2) is 4.02. The van der Waals surface area contributed by atoms with Crippen LogP contribution in [0, 0.1) is 0 Å². The van der Waals surface area contributed by atoms with Crippen LogP contribution in [-0.2, 0) is 0 Å². The maximum Gasteiger partial charge on any atom is 0.254 e. The summed E-state index contributed by atoms with van der Waals surface area (Å²) < 4.78 is 0. The van der Waals surface area contributed by atoms with Crippen molar-refractivity contribution in [2.45, 2.75) is 12.5 Å². The maximum absolute atomic E-state index is 11.9. The molecule has 5 nitrogen and oxygen atoms in total. The van der Waals surface area contributed by atoms with Crippen molar-refractivity contribution in [2.75, 3.05) is 13.1 Å². The number of carbonyl (C=O) groups is 1. The third-order valence-corrected chi connectivity index (χ3v) is 2.67. The van der Waals surface area contributed by atoms with E-state index in [-0.39, 0.29) is 17.4 Å². The quantitative estimate of drug-likeness (QED) is 0.598. The number of aromatic hydroxyl groups is 2. The molecule has 0 aliphatic carbocycles. The molecule has 0 saturated carbocycles. The van der Waals surface area contributed by atoms with Gasteiger partial charge in [0.25, 0.3) is 5.91 Å². The molecule has 0 spiro atoms. The van der Waals surface area contributed by atoms with Crippen LogP contribution in [0.2, 0.25) is 0 Å². The molecule has 86 valence electrons. The van der Waals surface area contributed by atoms with Gasteiger partial charge in [-0.05, 0) is 24.6 Å². The molecule has 1 amide bonds. The fraction of sp³-hybridized carbons (Fsp3) is 0.364. The number of hydrogen-bond donors (Lipinski definition) is 3. The predicted molar refractivity (Wildman–Crippen MR) is 56.3 cm³/mol. The summed E-state index contributed by atoms with van der Waals surface area (Å²) in [6.45, 7) is 0.835. The van der Waals surface area contributed by atoms with Gasteiger partial charge in [0, 0.05) is 18.7 Å². The van der Waals surface area contributed by atoms with Gasteiger partial charge >= 0.3 is 0 Å². The number of carbonyl (C=O) groups excluding carboxylic acids is 1. The van der Waals surface area contributed by atoms with Crippen molar-refractivity contribution in [3.05, 3.63) is 23.8 Å². The molecule has 1 aromatic rings. The second-order valence-corrected chi connectivity index (χ2v) is 3.90. The highest BCUT2D eigenvalue weighted by Crippen LogP contribution is 2.26. The van der Waals surface area contributed by atoms with Crippen LogP contribution in [0.3, 0.4) is 0 Å². The van der Waals surface area contributed by atoms with Crippen molar-refractivity contribution in [2.24, 2.45) is 0 Å². The number of aliphatic hydroxyl groups is 1. The molecule has 1 aliphatic rings. The lowest BCUT2D eigenvalue weighted by Gasteiger charge is -2.15. The summed E-state index contributed by atoms with van der Waals surface area (Å²) in [6.07, 6.45) is 0.116. The number of phenols is 2. The molecular weight excluding hydrogens is 210 g/mol. The van der Waals surface area contributed by atoms with Gasteiger partial charge in [-0.3, -0.25) is 4.79 Å². The highest BCUT2D eigenvalue weighted by Gasteiger charge is 2.25. The van der Waals surface area contributed by atoms with E-state index < -0.39 is 6.10 Å². The minimum atomic E-state index is -0.463. The van der Waals surface area contributed by atoms with Gasteiger partial charge in [0.1, 0.15) is 0 Å². The fourth-order valence-electron chi connectivity index (χ4n) is 1.77. The highest BCUT2D eigenvalue weighted by atomic mass is 16.3. The number of amides is 1. The second-order valence-electron chi connectivity index (χ2n) is 3.90. The minimum absolute atomic E-state index is 0.244. The number of nitrogens with zero attached hydrogens (tertiary/aromatic N) is 1. The number of hydrogen-bond acceptors (Lipinski definition) is 4. The summed E-state index contributed by atoms with van der Waals surface area (Å²) in [7, 11) is 0. The van der Waals surface area contributed by atoms with Crippen LogP contribution in [-0.4, -0.2) is 45.3 Å². The number of benzene rings is 1. The minimum Gasteiger partial charge on any atom is -0.504 e. The monoisotopic (exact) mass is 223 g/mol. The number of phenolic OH excluding ortho intramolecular Hbond substituents is 2. The average Bonchev–Trinajstić information content (AvgIpc) is 2.68. The first-order chi connectivity index (χ1) is 7.58. The van der Waals surface area contributed by atoms with Gasteiger partial charge in [0.2, 0.25) is 0 Å². The van der Waals surface area contributed by atoms with Gasteiger partial charge in [-0.15, -0.1) is 0 Å². The van der Waals surface area contributed by atoms with Crippen LogP contribution < -0.4 is 0 Å². The van der Waals surface area contributed by atoms with E-state index in [2.05, 4.69) is 0 Å². The number of aliphatic hydroxyl groups excluding tert-OH is 1. The first kappa shape index (κ1) is 10.8. The van der Waals surface area contributed by atoms with E-state index in [1.807, 2.05) is 0 Å². The average molecular weight is 223 g/mol. The zero-order valence-corrected chi connectivity index (χ0v) is 8.63. The van der Waals surface area contributed by atoms with Crippen molar-refractivity contribution in [3.8, 4) is 11.5 Å². The van der Waals surface area contributed by atoms with Gasteiger partial charge in [0.05, 0.1) is 6.10 Å². The molecule has 1 aromatic carbocycles. The normalized spacial score (nSPS) is 20.1. The summed E-state index contributed by atoms with van der Waals surface area (Å²) in [4.78, 5) is 13.4. The first-order valence-electron chi connectivity index (χ1n) is 5.07. The van der Waals surface area contributed by atoms with Crippen molar-refractivity contribution in [1.29, 1.82) is 0 Å². The summed E-state index contributed by atoms with van der Waals surface area (Å²) in [5.41, 5.74) is 0.310. The number of rotatable bonds is 1. The Hall–Kier alpha value is -1.75. The summed E-state index contributed by atoms with van der Waals surface area (Å²) in [5, 5.41) is 27.7. The maximum atomic E-state index is 11.9. The van der Waals surface area contributed by atoms with Gasteiger partial charge in [0.15, 0.2) is 11.5 Å². The molecule has 16 heavy (non-hydrogen) atoms. The van der Waals surface area contributed by atoms with Crippen LogP contribution in [0.25, 0.3) is 0 Å². The Morgan fingerprint density at radius 2 is 2.06 bits per heavy atom. The topological polar surface area (TPSA) is 81.0 Å². The molecule has 0 unspecified atom stereocenters. The number of likely N-dealkylation sites (tertiary alicyclic amines) is 1. The summed E-state index contributed by atoms with van der Waals surface area (Å²) in [6, 6.07) is 3.94. The molecule has 2 rings (SSSR count). The molecule has 1 aliphatic heterocycles. The van der Waals surface area contributed by atoms with Gasteiger partial charge in [-0.25, -0.2) is 0 Å². The Labute approximate surface area is 92.6 Å². The van der Waals surface area contributed by atoms with Crippen molar-refractivity contribution >= 4 is 5.91 Å². The smallest absolute Gasteiger partial charge is 0.254 e. The molecule has 0 radical (unpaired) electrons. The van der Waals surface area contributed by atoms with E-state index in [4.69, 9.17) is 5.11 Å². The Balaban J connectivity index is 2.18. The van der Waals surface area contributed by atoms with E-state index in [0.717, 1.165) is 0 Å². The van der Waals surface area contributed by atoms with Crippen LogP contribution >= 0.6 is 0 Å². The van der Waals surface area contributed by atoms with Crippen molar-refractivity contribution in [3.63, 3.8) is 0 Å². The lowest BCUT2D eigenvalue weighted by atomic mass is 10.2. The van der Waals surface area contributed by atoms with Crippen LogP contribution in [0.5, 0.6) is 11.5 Å². The molecule has 0 aromatic heterocycles. The fourth-order valence-corrected chi connectivity index (χ4v) is 1.77. The van der Waals surface area contributed by atoms with Crippen LogP contribution in [0.1, 0.15) is 16.8 Å². The molecule has 1 saturated heterocycles. The van der Waals surface area contributed by atoms with E-state index in [1.54, 1.807) is 0 Å². The molecule has 0 bridgehead atoms.